The minimum atomic E-state index is -0.531. The zero-order valence-corrected chi connectivity index (χ0v) is 13.5. The standard InChI is InChI=1S/C14H20N2O2.C2H6.CH4/c1-9-6-7-11(8-10(9)2)12(17)15-16-13(18)14(3,4)5;1-2;/h6-8H,1-5H3,(H,15,17)(H,16,18);1-2H3;1H4. The highest BCUT2D eigenvalue weighted by molar-refractivity contribution is 5.96. The topological polar surface area (TPSA) is 58.2 Å². The number of nitrogens with one attached hydrogen (secondary N) is 2. The highest BCUT2D eigenvalue weighted by Crippen LogP contribution is 2.12. The van der Waals surface area contributed by atoms with Gasteiger partial charge in [-0.1, -0.05) is 48.1 Å². The van der Waals surface area contributed by atoms with Crippen LogP contribution in [-0.4, -0.2) is 11.8 Å². The monoisotopic (exact) mass is 294 g/mol. The molecule has 0 bridgehead atoms. The molecule has 0 unspecified atom stereocenters. The summed E-state index contributed by atoms with van der Waals surface area (Å²) < 4.78 is 0. The molecule has 0 saturated carbocycles. The number of hydrogen-bond acceptors (Lipinski definition) is 2. The van der Waals surface area contributed by atoms with Crippen LogP contribution in [0.5, 0.6) is 0 Å². The molecular formula is C17H30N2O2. The van der Waals surface area contributed by atoms with Gasteiger partial charge in [0.2, 0.25) is 5.91 Å². The molecule has 0 aliphatic heterocycles. The maximum absolute atomic E-state index is 11.8. The van der Waals surface area contributed by atoms with Crippen LogP contribution in [0.15, 0.2) is 18.2 Å². The molecule has 0 aliphatic rings. The van der Waals surface area contributed by atoms with Crippen LogP contribution in [-0.2, 0) is 4.79 Å². The largest absolute Gasteiger partial charge is 0.273 e. The third-order valence-electron chi connectivity index (χ3n) is 2.74. The van der Waals surface area contributed by atoms with E-state index in [0.717, 1.165) is 11.1 Å². The summed E-state index contributed by atoms with van der Waals surface area (Å²) in [5.74, 6) is -0.532. The van der Waals surface area contributed by atoms with Crippen molar-refractivity contribution in [3.8, 4) is 0 Å². The molecule has 0 saturated heterocycles. The zero-order chi connectivity index (χ0) is 15.9. The van der Waals surface area contributed by atoms with Crippen molar-refractivity contribution >= 4 is 11.8 Å². The molecule has 0 fully saturated rings. The predicted octanol–water partition coefficient (Wildman–Crippen LogP) is 3.77. The van der Waals surface area contributed by atoms with E-state index in [1.165, 1.54) is 0 Å². The van der Waals surface area contributed by atoms with Gasteiger partial charge < -0.3 is 0 Å². The first-order valence-electron chi connectivity index (χ1n) is 6.90. The normalized spacial score (nSPS) is 9.67. The summed E-state index contributed by atoms with van der Waals surface area (Å²) in [7, 11) is 0. The molecule has 4 nitrogen and oxygen atoms in total. The van der Waals surface area contributed by atoms with E-state index in [1.54, 1.807) is 32.9 Å². The molecule has 0 aromatic heterocycles. The highest BCUT2D eigenvalue weighted by Gasteiger charge is 2.21. The summed E-state index contributed by atoms with van der Waals surface area (Å²) in [6.07, 6.45) is 0. The highest BCUT2D eigenvalue weighted by atomic mass is 16.2. The fraction of sp³-hybridized carbons (Fsp3) is 0.529. The van der Waals surface area contributed by atoms with Crippen molar-refractivity contribution in [1.29, 1.82) is 0 Å². The molecule has 120 valence electrons. The minimum absolute atomic E-state index is 0. The summed E-state index contributed by atoms with van der Waals surface area (Å²) in [5, 5.41) is 0. The summed E-state index contributed by atoms with van der Waals surface area (Å²) in [6.45, 7) is 13.3. The summed E-state index contributed by atoms with van der Waals surface area (Å²) >= 11 is 0. The molecular weight excluding hydrogens is 264 g/mol. The second-order valence-electron chi connectivity index (χ2n) is 5.46. The predicted molar refractivity (Wildman–Crippen MR) is 89.1 cm³/mol. The Morgan fingerprint density at radius 1 is 0.952 bits per heavy atom. The van der Waals surface area contributed by atoms with Crippen LogP contribution in [0.4, 0.5) is 0 Å². The second kappa shape index (κ2) is 9.16. The molecule has 0 spiro atoms. The molecule has 0 aliphatic carbocycles. The maximum atomic E-state index is 11.8. The van der Waals surface area contributed by atoms with Gasteiger partial charge in [-0.2, -0.15) is 0 Å². The van der Waals surface area contributed by atoms with Crippen molar-refractivity contribution in [3.05, 3.63) is 34.9 Å². The molecule has 21 heavy (non-hydrogen) atoms. The molecule has 0 heterocycles. The average Bonchev–Trinajstić information content (AvgIpc) is 2.40. The van der Waals surface area contributed by atoms with Gasteiger partial charge in [0.1, 0.15) is 0 Å². The molecule has 1 aromatic rings. The first kappa shape index (κ1) is 21.5. The van der Waals surface area contributed by atoms with Crippen molar-refractivity contribution in [2.45, 2.75) is 55.9 Å². The van der Waals surface area contributed by atoms with Gasteiger partial charge in [-0.3, -0.25) is 20.4 Å². The molecule has 2 amide bonds. The van der Waals surface area contributed by atoms with Crippen molar-refractivity contribution in [1.82, 2.24) is 10.9 Å². The van der Waals surface area contributed by atoms with Crippen molar-refractivity contribution < 1.29 is 9.59 Å². The van der Waals surface area contributed by atoms with Gasteiger partial charge in [0.05, 0.1) is 0 Å². The van der Waals surface area contributed by atoms with E-state index in [9.17, 15) is 9.59 Å². The molecule has 1 aromatic carbocycles. The Balaban J connectivity index is 0. The van der Waals surface area contributed by atoms with Crippen LogP contribution in [0.25, 0.3) is 0 Å². The van der Waals surface area contributed by atoms with Crippen LogP contribution >= 0.6 is 0 Å². The Morgan fingerprint density at radius 2 is 1.48 bits per heavy atom. The van der Waals surface area contributed by atoms with E-state index in [4.69, 9.17) is 0 Å². The van der Waals surface area contributed by atoms with Gasteiger partial charge in [-0.05, 0) is 37.1 Å². The Morgan fingerprint density at radius 3 is 1.90 bits per heavy atom. The lowest BCUT2D eigenvalue weighted by molar-refractivity contribution is -0.129. The van der Waals surface area contributed by atoms with E-state index < -0.39 is 5.41 Å². The number of hydrogen-bond donors (Lipinski definition) is 2. The van der Waals surface area contributed by atoms with E-state index in [-0.39, 0.29) is 19.2 Å². The first-order chi connectivity index (χ1) is 9.21. The quantitative estimate of drug-likeness (QED) is 0.775. The molecule has 0 atom stereocenters. The Kier molecular flexibility index (Phi) is 9.36. The molecule has 4 heteroatoms. The van der Waals surface area contributed by atoms with Crippen LogP contribution in [0.1, 0.15) is 63.5 Å². The first-order valence-corrected chi connectivity index (χ1v) is 6.90. The number of rotatable bonds is 1. The smallest absolute Gasteiger partial charge is 0.269 e. The lowest BCUT2D eigenvalue weighted by Crippen LogP contribution is -2.46. The molecule has 1 rings (SSSR count). The van der Waals surface area contributed by atoms with Crippen LogP contribution in [0.3, 0.4) is 0 Å². The van der Waals surface area contributed by atoms with Gasteiger partial charge in [-0.25, -0.2) is 0 Å². The number of carbonyl (C=O) groups is 2. The number of hydrazine groups is 1. The van der Waals surface area contributed by atoms with Crippen LogP contribution in [0.2, 0.25) is 0 Å². The van der Waals surface area contributed by atoms with Gasteiger partial charge >= 0.3 is 0 Å². The summed E-state index contributed by atoms with van der Waals surface area (Å²) in [6, 6.07) is 5.42. The summed E-state index contributed by atoms with van der Waals surface area (Å²) in [5.41, 5.74) is 7.01. The number of benzene rings is 1. The fourth-order valence-corrected chi connectivity index (χ4v) is 1.26. The van der Waals surface area contributed by atoms with E-state index in [2.05, 4.69) is 10.9 Å². The average molecular weight is 294 g/mol. The van der Waals surface area contributed by atoms with Crippen molar-refractivity contribution in [3.63, 3.8) is 0 Å². The van der Waals surface area contributed by atoms with E-state index in [1.807, 2.05) is 33.8 Å². The van der Waals surface area contributed by atoms with Crippen molar-refractivity contribution in [2.75, 3.05) is 0 Å². The van der Waals surface area contributed by atoms with Gasteiger partial charge in [-0.15, -0.1) is 0 Å². The third kappa shape index (κ3) is 6.93. The lowest BCUT2D eigenvalue weighted by Gasteiger charge is -2.18. The van der Waals surface area contributed by atoms with Crippen LogP contribution < -0.4 is 10.9 Å². The van der Waals surface area contributed by atoms with Crippen molar-refractivity contribution in [2.24, 2.45) is 5.41 Å². The maximum Gasteiger partial charge on any atom is 0.269 e. The van der Waals surface area contributed by atoms with E-state index in [0.29, 0.717) is 5.56 Å². The SMILES string of the molecule is C.CC.Cc1ccc(C(=O)NNC(=O)C(C)(C)C)cc1C. The minimum Gasteiger partial charge on any atom is -0.273 e. The van der Waals surface area contributed by atoms with Crippen LogP contribution in [0, 0.1) is 19.3 Å². The van der Waals surface area contributed by atoms with Gasteiger partial charge in [0.25, 0.3) is 5.91 Å². The molecule has 0 radical (unpaired) electrons. The fourth-order valence-electron chi connectivity index (χ4n) is 1.26. The number of amides is 2. The number of aryl methyl sites for hydroxylation is 2. The lowest BCUT2D eigenvalue weighted by atomic mass is 9.96. The molecule has 2 N–H and O–H groups in total. The van der Waals surface area contributed by atoms with Gasteiger partial charge in [0, 0.05) is 11.0 Å². The Labute approximate surface area is 129 Å². The van der Waals surface area contributed by atoms with Gasteiger partial charge in [0.15, 0.2) is 0 Å². The van der Waals surface area contributed by atoms with E-state index >= 15 is 0 Å². The summed E-state index contributed by atoms with van der Waals surface area (Å²) in [4.78, 5) is 23.4. The second-order valence-corrected chi connectivity index (χ2v) is 5.46. The third-order valence-corrected chi connectivity index (χ3v) is 2.74. The Hall–Kier alpha value is -1.84. The number of carbonyl (C=O) groups excluding carboxylic acids is 2. The Bertz CT molecular complexity index is 474. The zero-order valence-electron chi connectivity index (χ0n) is 13.5.